The number of nitrogens with one attached hydrogen (secondary N) is 1. The fraction of sp³-hybridized carbons (Fsp3) is 0.341. The molecule has 0 radical (unpaired) electrons. The summed E-state index contributed by atoms with van der Waals surface area (Å²) in [6.07, 6.45) is -0.915. The summed E-state index contributed by atoms with van der Waals surface area (Å²) >= 11 is 0. The quantitative estimate of drug-likeness (QED) is 0.201. The molecule has 3 aliphatic heterocycles. The van der Waals surface area contributed by atoms with Crippen LogP contribution in [0, 0.1) is 0 Å². The molecule has 3 saturated heterocycles. The van der Waals surface area contributed by atoms with E-state index >= 15 is 0 Å². The molecule has 0 aliphatic carbocycles. The Morgan fingerprint density at radius 2 is 1.54 bits per heavy atom. The van der Waals surface area contributed by atoms with Crippen LogP contribution < -0.4 is 5.32 Å². The number of nitrogens with zero attached hydrogens (tertiary/aromatic N) is 2. The number of alkyl carbamates (subject to hydrolysis) is 1. The molecule has 7 rings (SSSR count). The highest BCUT2D eigenvalue weighted by Crippen LogP contribution is 2.39. The first-order valence-corrected chi connectivity index (χ1v) is 17.7. The van der Waals surface area contributed by atoms with E-state index in [4.69, 9.17) is 18.9 Å². The summed E-state index contributed by atoms with van der Waals surface area (Å²) < 4.78 is 23.9. The Hall–Kier alpha value is -4.91. The Balaban J connectivity index is 0.995. The van der Waals surface area contributed by atoms with Crippen molar-refractivity contribution in [3.05, 3.63) is 131 Å². The topological polar surface area (TPSA) is 127 Å². The van der Waals surface area contributed by atoms with Gasteiger partial charge in [0.25, 0.3) is 5.91 Å². The molecule has 3 aliphatic rings. The van der Waals surface area contributed by atoms with Crippen LogP contribution in [0.3, 0.4) is 0 Å². The zero-order valence-electron chi connectivity index (χ0n) is 28.9. The maximum absolute atomic E-state index is 13.1. The van der Waals surface area contributed by atoms with Crippen molar-refractivity contribution in [1.29, 1.82) is 0 Å². The minimum absolute atomic E-state index is 0.00713. The van der Waals surface area contributed by atoms with Crippen LogP contribution in [0.5, 0.6) is 0 Å². The van der Waals surface area contributed by atoms with E-state index in [1.165, 1.54) is 4.90 Å². The van der Waals surface area contributed by atoms with Crippen LogP contribution in [-0.4, -0.2) is 77.8 Å². The number of benzene rings is 4. The Morgan fingerprint density at radius 3 is 2.29 bits per heavy atom. The summed E-state index contributed by atoms with van der Waals surface area (Å²) in [5.74, 6) is -0.811. The van der Waals surface area contributed by atoms with Gasteiger partial charge in [0.05, 0.1) is 45.0 Å². The number of hydrogen-bond acceptors (Lipinski definition) is 9. The number of ether oxygens (including phenoxy) is 4. The second-order valence-corrected chi connectivity index (χ2v) is 13.4. The van der Waals surface area contributed by atoms with Gasteiger partial charge in [-0.1, -0.05) is 97.1 Å². The molecule has 0 bridgehead atoms. The van der Waals surface area contributed by atoms with Gasteiger partial charge in [-0.2, -0.15) is 0 Å². The third-order valence-corrected chi connectivity index (χ3v) is 9.71. The van der Waals surface area contributed by atoms with Crippen molar-refractivity contribution in [2.24, 2.45) is 0 Å². The molecular weight excluding hydrogens is 662 g/mol. The van der Waals surface area contributed by atoms with E-state index in [9.17, 15) is 19.5 Å². The van der Waals surface area contributed by atoms with E-state index in [0.717, 1.165) is 71.8 Å². The van der Waals surface area contributed by atoms with Crippen LogP contribution in [-0.2, 0) is 48.3 Å². The fourth-order valence-corrected chi connectivity index (χ4v) is 6.84. The maximum atomic E-state index is 13.1. The Labute approximate surface area is 303 Å². The average Bonchev–Trinajstić information content (AvgIpc) is 3.45. The van der Waals surface area contributed by atoms with Crippen molar-refractivity contribution in [2.45, 2.75) is 57.1 Å². The van der Waals surface area contributed by atoms with E-state index in [-0.39, 0.29) is 44.3 Å². The Kier molecular flexibility index (Phi) is 11.3. The van der Waals surface area contributed by atoms with Gasteiger partial charge in [-0.3, -0.25) is 19.4 Å². The van der Waals surface area contributed by atoms with Crippen molar-refractivity contribution >= 4 is 17.9 Å². The Bertz CT molecular complexity index is 1830. The van der Waals surface area contributed by atoms with Gasteiger partial charge in [-0.15, -0.1) is 0 Å². The molecule has 0 spiro atoms. The number of carbonyl (C=O) groups is 3. The predicted octanol–water partition coefficient (Wildman–Crippen LogP) is 5.28. The number of amides is 3. The maximum Gasteiger partial charge on any atom is 0.408 e. The SMILES string of the molecule is O=C(NC1CC(=O)N(Cc2cccc(-c3ccc([C@@H]4O[C@H](CN5CCOCC5)C[C@H](c5ccc(CO)cc5)O4)cc3)c2)C1=O)OCc1ccccc1. The van der Waals surface area contributed by atoms with Crippen LogP contribution in [0.4, 0.5) is 4.79 Å². The smallest absolute Gasteiger partial charge is 0.408 e. The predicted molar refractivity (Wildman–Crippen MR) is 191 cm³/mol. The second-order valence-electron chi connectivity index (χ2n) is 13.4. The van der Waals surface area contributed by atoms with Gasteiger partial charge >= 0.3 is 6.09 Å². The number of likely N-dealkylation sites (tertiary alicyclic amines) is 1. The molecule has 4 aromatic rings. The van der Waals surface area contributed by atoms with Gasteiger partial charge in [0.1, 0.15) is 12.6 Å². The molecule has 11 heteroatoms. The molecule has 0 saturated carbocycles. The number of hydrogen-bond donors (Lipinski definition) is 2. The fourth-order valence-electron chi connectivity index (χ4n) is 6.84. The summed E-state index contributed by atoms with van der Waals surface area (Å²) in [4.78, 5) is 41.9. The minimum Gasteiger partial charge on any atom is -0.445 e. The number of morpholine rings is 1. The average molecular weight is 706 g/mol. The summed E-state index contributed by atoms with van der Waals surface area (Å²) in [5, 5.41) is 12.1. The normalized spacial score (nSPS) is 22.4. The minimum atomic E-state index is -0.969. The number of imide groups is 1. The number of aliphatic hydroxyl groups is 1. The number of rotatable bonds is 11. The van der Waals surface area contributed by atoms with E-state index in [1.54, 1.807) is 0 Å². The van der Waals surface area contributed by atoms with Gasteiger partial charge in [0.2, 0.25) is 5.91 Å². The molecule has 3 amide bonds. The van der Waals surface area contributed by atoms with Crippen molar-refractivity contribution in [2.75, 3.05) is 32.8 Å². The first-order chi connectivity index (χ1) is 25.4. The monoisotopic (exact) mass is 705 g/mol. The highest BCUT2D eigenvalue weighted by atomic mass is 16.7. The molecule has 52 heavy (non-hydrogen) atoms. The van der Waals surface area contributed by atoms with Crippen LogP contribution in [0.1, 0.15) is 53.1 Å². The lowest BCUT2D eigenvalue weighted by Crippen LogP contribution is -2.44. The largest absolute Gasteiger partial charge is 0.445 e. The van der Waals surface area contributed by atoms with Crippen LogP contribution in [0.15, 0.2) is 103 Å². The lowest BCUT2D eigenvalue weighted by molar-refractivity contribution is -0.253. The number of carbonyl (C=O) groups excluding carboxylic acids is 3. The molecule has 0 aromatic heterocycles. The third kappa shape index (κ3) is 8.75. The zero-order valence-corrected chi connectivity index (χ0v) is 28.9. The second kappa shape index (κ2) is 16.6. The van der Waals surface area contributed by atoms with Crippen molar-refractivity contribution in [3.63, 3.8) is 0 Å². The third-order valence-electron chi connectivity index (χ3n) is 9.71. The zero-order chi connectivity index (χ0) is 35.9. The summed E-state index contributed by atoms with van der Waals surface area (Å²) in [7, 11) is 0. The molecule has 4 atom stereocenters. The Morgan fingerprint density at radius 1 is 0.808 bits per heavy atom. The van der Waals surface area contributed by atoms with Crippen LogP contribution >= 0.6 is 0 Å². The molecule has 3 heterocycles. The standard InChI is InChI=1S/C41H43N3O8/c45-26-28-9-11-32(12-10-28)37-22-35(25-43-17-19-49-20-18-43)51-40(52-37)33-15-13-31(14-16-33)34-8-4-7-30(21-34)24-44-38(46)23-36(39(44)47)42-41(48)50-27-29-5-2-1-3-6-29/h1-16,21,35-37,40,45H,17-20,22-27H2,(H,42,48)/t35-,36?,37+,40+/m0/s1. The van der Waals surface area contributed by atoms with Crippen LogP contribution in [0.2, 0.25) is 0 Å². The highest BCUT2D eigenvalue weighted by molar-refractivity contribution is 6.06. The van der Waals surface area contributed by atoms with E-state index in [1.807, 2.05) is 103 Å². The van der Waals surface area contributed by atoms with Gasteiger partial charge in [0, 0.05) is 31.6 Å². The molecule has 3 fully saturated rings. The van der Waals surface area contributed by atoms with Gasteiger partial charge in [-0.25, -0.2) is 4.79 Å². The van der Waals surface area contributed by atoms with Gasteiger partial charge < -0.3 is 29.4 Å². The van der Waals surface area contributed by atoms with Crippen molar-refractivity contribution in [1.82, 2.24) is 15.1 Å². The lowest BCUT2D eigenvalue weighted by Gasteiger charge is -2.39. The summed E-state index contributed by atoms with van der Waals surface area (Å²) in [6.45, 7) is 4.12. The first kappa shape index (κ1) is 35.5. The van der Waals surface area contributed by atoms with E-state index < -0.39 is 24.3 Å². The van der Waals surface area contributed by atoms with Gasteiger partial charge in [-0.05, 0) is 39.4 Å². The highest BCUT2D eigenvalue weighted by Gasteiger charge is 2.40. The van der Waals surface area contributed by atoms with Gasteiger partial charge in [0.15, 0.2) is 6.29 Å². The molecular formula is C41H43N3O8. The molecule has 4 aromatic carbocycles. The number of aliphatic hydroxyl groups excluding tert-OH is 1. The molecule has 1 unspecified atom stereocenters. The first-order valence-electron chi connectivity index (χ1n) is 17.7. The van der Waals surface area contributed by atoms with Crippen LogP contribution in [0.25, 0.3) is 11.1 Å². The van der Waals surface area contributed by atoms with E-state index in [0.29, 0.717) is 6.42 Å². The van der Waals surface area contributed by atoms with Crippen molar-refractivity contribution in [3.8, 4) is 11.1 Å². The summed E-state index contributed by atoms with van der Waals surface area (Å²) in [5.41, 5.74) is 6.30. The molecule has 270 valence electrons. The molecule has 2 N–H and O–H groups in total. The molecule has 11 nitrogen and oxygen atoms in total. The summed E-state index contributed by atoms with van der Waals surface area (Å²) in [6, 6.07) is 31.9. The van der Waals surface area contributed by atoms with Crippen molar-refractivity contribution < 1.29 is 38.4 Å². The van der Waals surface area contributed by atoms with E-state index in [2.05, 4.69) is 10.2 Å². The lowest BCUT2D eigenvalue weighted by atomic mass is 9.99.